The predicted molar refractivity (Wildman–Crippen MR) is 149 cm³/mol. The fraction of sp³-hybridized carbons (Fsp3) is 0.448. The molecule has 1 aromatic carbocycles. The van der Waals surface area contributed by atoms with E-state index in [-0.39, 0.29) is 18.2 Å². The minimum absolute atomic E-state index is 0.00590. The summed E-state index contributed by atoms with van der Waals surface area (Å²) in [6.45, 7) is 5.56. The summed E-state index contributed by atoms with van der Waals surface area (Å²) in [5.41, 5.74) is 7.37. The molecule has 4 heterocycles. The molecule has 0 unspecified atom stereocenters. The van der Waals surface area contributed by atoms with Gasteiger partial charge in [-0.05, 0) is 50.0 Å². The minimum Gasteiger partial charge on any atom is -0.507 e. The van der Waals surface area contributed by atoms with Gasteiger partial charge in [0.15, 0.2) is 5.82 Å². The third kappa shape index (κ3) is 4.77. The van der Waals surface area contributed by atoms with Crippen LogP contribution in [-0.4, -0.2) is 81.4 Å². The number of alkyl halides is 2. The number of halogens is 2. The van der Waals surface area contributed by atoms with Gasteiger partial charge in [0.1, 0.15) is 11.6 Å². The Hall–Kier alpha value is -4.04. The van der Waals surface area contributed by atoms with Gasteiger partial charge in [-0.15, -0.1) is 10.2 Å². The molecule has 208 valence electrons. The summed E-state index contributed by atoms with van der Waals surface area (Å²) in [6, 6.07) is 11.0. The van der Waals surface area contributed by atoms with Crippen molar-refractivity contribution in [1.82, 2.24) is 25.1 Å². The van der Waals surface area contributed by atoms with E-state index in [9.17, 15) is 13.9 Å². The molecular weight excluding hydrogens is 514 g/mol. The average molecular weight is 547 g/mol. The highest BCUT2D eigenvalue weighted by atomic mass is 19.3. The molecule has 0 amide bonds. The van der Waals surface area contributed by atoms with Gasteiger partial charge in [0.25, 0.3) is 5.92 Å². The molecule has 0 bridgehead atoms. The molecule has 3 aromatic rings. The molecule has 2 aromatic heterocycles. The Morgan fingerprint density at radius 2 is 1.93 bits per heavy atom. The van der Waals surface area contributed by atoms with Crippen LogP contribution in [0.3, 0.4) is 0 Å². The lowest BCUT2D eigenvalue weighted by Gasteiger charge is -2.59. The van der Waals surface area contributed by atoms with E-state index < -0.39 is 11.3 Å². The summed E-state index contributed by atoms with van der Waals surface area (Å²) in [6.07, 6.45) is 3.17. The van der Waals surface area contributed by atoms with Gasteiger partial charge >= 0.3 is 0 Å². The third-order valence-electron chi connectivity index (χ3n) is 8.47. The van der Waals surface area contributed by atoms with E-state index in [0.29, 0.717) is 62.0 Å². The average Bonchev–Trinajstić information content (AvgIpc) is 3.11. The second kappa shape index (κ2) is 10.2. The van der Waals surface area contributed by atoms with Crippen LogP contribution >= 0.6 is 0 Å². The van der Waals surface area contributed by atoms with Gasteiger partial charge in [-0.3, -0.25) is 4.90 Å². The molecule has 1 spiro atoms. The van der Waals surface area contributed by atoms with Gasteiger partial charge in [0.05, 0.1) is 23.3 Å². The van der Waals surface area contributed by atoms with E-state index in [1.807, 2.05) is 23.1 Å². The molecule has 2 saturated heterocycles. The molecule has 3 N–H and O–H groups in total. The maximum absolute atomic E-state index is 13.8. The van der Waals surface area contributed by atoms with Crippen LogP contribution in [0.2, 0.25) is 0 Å². The highest BCUT2D eigenvalue weighted by Crippen LogP contribution is 2.58. The van der Waals surface area contributed by atoms with Gasteiger partial charge in [0, 0.05) is 56.9 Å². The Labute approximate surface area is 232 Å². The van der Waals surface area contributed by atoms with Crippen molar-refractivity contribution in [3.05, 3.63) is 48.4 Å². The Morgan fingerprint density at radius 3 is 2.67 bits per heavy atom. The van der Waals surface area contributed by atoms with E-state index in [1.165, 1.54) is 0 Å². The first-order valence-corrected chi connectivity index (χ1v) is 13.6. The molecule has 3 aliphatic rings. The zero-order chi connectivity index (χ0) is 27.9. The molecule has 0 radical (unpaired) electrons. The number of nitrogen functional groups attached to an aromatic ring is 1. The Bertz CT molecular complexity index is 1470. The number of aromatic hydroxyl groups is 1. The Balaban J connectivity index is 1.12. The molecule has 40 heavy (non-hydrogen) atoms. The molecule has 11 heteroatoms. The first-order chi connectivity index (χ1) is 19.2. The second-order valence-corrected chi connectivity index (χ2v) is 11.0. The molecule has 1 saturated carbocycles. The minimum atomic E-state index is -2.53. The molecule has 2 aliphatic heterocycles. The van der Waals surface area contributed by atoms with E-state index in [0.717, 1.165) is 24.5 Å². The van der Waals surface area contributed by atoms with E-state index in [1.54, 1.807) is 24.4 Å². The number of benzene rings is 1. The molecule has 3 fully saturated rings. The van der Waals surface area contributed by atoms with Crippen LogP contribution in [0.1, 0.15) is 32.0 Å². The number of hydrogen-bond donors (Lipinski definition) is 2. The van der Waals surface area contributed by atoms with E-state index in [4.69, 9.17) is 10.7 Å². The SMILES string of the molecule is C[C@@H]1CCN(c2cc(-c3ccccc3O)nnc2N)CCN1c1ccnc(C#CCN2CC3(CCC3(F)F)C2)n1. The lowest BCUT2D eigenvalue weighted by Crippen LogP contribution is -2.69. The predicted octanol–water partition coefficient (Wildman–Crippen LogP) is 3.41. The van der Waals surface area contributed by atoms with Crippen molar-refractivity contribution in [1.29, 1.82) is 0 Å². The van der Waals surface area contributed by atoms with E-state index >= 15 is 0 Å². The quantitative estimate of drug-likeness (QED) is 0.476. The van der Waals surface area contributed by atoms with Crippen molar-refractivity contribution >= 4 is 17.3 Å². The van der Waals surface area contributed by atoms with Crippen molar-refractivity contribution in [2.45, 2.75) is 38.2 Å². The van der Waals surface area contributed by atoms with Crippen LogP contribution in [0.5, 0.6) is 5.75 Å². The number of nitrogens with zero attached hydrogens (tertiary/aromatic N) is 7. The van der Waals surface area contributed by atoms with Crippen molar-refractivity contribution < 1.29 is 13.9 Å². The van der Waals surface area contributed by atoms with Crippen molar-refractivity contribution in [2.75, 3.05) is 54.8 Å². The maximum atomic E-state index is 13.8. The number of rotatable bonds is 4. The highest BCUT2D eigenvalue weighted by Gasteiger charge is 2.66. The number of para-hydroxylation sites is 1. The lowest BCUT2D eigenvalue weighted by molar-refractivity contribution is -0.256. The summed E-state index contributed by atoms with van der Waals surface area (Å²) in [7, 11) is 0. The van der Waals surface area contributed by atoms with Crippen LogP contribution in [0.15, 0.2) is 42.6 Å². The van der Waals surface area contributed by atoms with Crippen LogP contribution in [-0.2, 0) is 0 Å². The second-order valence-electron chi connectivity index (χ2n) is 11.0. The van der Waals surface area contributed by atoms with Gasteiger partial charge in [-0.1, -0.05) is 18.1 Å². The summed E-state index contributed by atoms with van der Waals surface area (Å²) in [5, 5.41) is 18.6. The van der Waals surface area contributed by atoms with Crippen molar-refractivity contribution in [3.8, 4) is 28.8 Å². The third-order valence-corrected chi connectivity index (χ3v) is 8.47. The number of phenolic OH excluding ortho intramolecular Hbond substituents is 1. The number of phenols is 1. The van der Waals surface area contributed by atoms with Gasteiger partial charge < -0.3 is 20.6 Å². The fourth-order valence-electron chi connectivity index (χ4n) is 5.89. The zero-order valence-corrected chi connectivity index (χ0v) is 22.4. The standard InChI is InChI=1S/C29H32F2N8O/c1-20-9-14-38(23-17-22(35-36-27(23)32)21-5-2-3-6-24(21)40)15-16-39(20)26-8-12-33-25(34-26)7-4-13-37-18-28(19-37)10-11-29(28,30)31/h2-3,5-6,8,12,17,20,40H,9-11,13-16,18-19H2,1H3,(H2,32,36)/t20-/m1/s1. The fourth-order valence-corrected chi connectivity index (χ4v) is 5.89. The summed E-state index contributed by atoms with van der Waals surface area (Å²) in [5.74, 6) is 5.25. The topological polar surface area (TPSA) is 108 Å². The smallest absolute Gasteiger partial charge is 0.256 e. The molecular formula is C29H32F2N8O. The van der Waals surface area contributed by atoms with E-state index in [2.05, 4.69) is 43.7 Å². The van der Waals surface area contributed by atoms with Crippen molar-refractivity contribution in [3.63, 3.8) is 0 Å². The zero-order valence-electron chi connectivity index (χ0n) is 22.4. The summed E-state index contributed by atoms with van der Waals surface area (Å²) in [4.78, 5) is 15.4. The van der Waals surface area contributed by atoms with Crippen LogP contribution in [0.4, 0.5) is 26.1 Å². The van der Waals surface area contributed by atoms with Gasteiger partial charge in [-0.2, -0.15) is 0 Å². The van der Waals surface area contributed by atoms with Crippen LogP contribution < -0.4 is 15.5 Å². The number of aromatic nitrogens is 4. The van der Waals surface area contributed by atoms with Crippen LogP contribution in [0, 0.1) is 17.3 Å². The Kier molecular flexibility index (Phi) is 6.66. The molecule has 6 rings (SSSR count). The van der Waals surface area contributed by atoms with Gasteiger partial charge in [-0.25, -0.2) is 18.7 Å². The first kappa shape index (κ1) is 26.2. The largest absolute Gasteiger partial charge is 0.507 e. The number of likely N-dealkylation sites (tertiary alicyclic amines) is 1. The molecule has 1 aliphatic carbocycles. The normalized spacial score (nSPS) is 21.6. The first-order valence-electron chi connectivity index (χ1n) is 13.6. The number of hydrogen-bond acceptors (Lipinski definition) is 9. The maximum Gasteiger partial charge on any atom is 0.256 e. The van der Waals surface area contributed by atoms with Gasteiger partial charge in [0.2, 0.25) is 5.82 Å². The summed E-state index contributed by atoms with van der Waals surface area (Å²) >= 11 is 0. The Morgan fingerprint density at radius 1 is 1.10 bits per heavy atom. The number of anilines is 3. The van der Waals surface area contributed by atoms with Crippen molar-refractivity contribution in [2.24, 2.45) is 5.41 Å². The molecule has 9 nitrogen and oxygen atoms in total. The number of nitrogens with two attached hydrogens (primary N) is 1. The van der Waals surface area contributed by atoms with Crippen LogP contribution in [0.25, 0.3) is 11.3 Å². The monoisotopic (exact) mass is 546 g/mol. The lowest BCUT2D eigenvalue weighted by atomic mass is 9.60. The molecule has 1 atom stereocenters. The highest BCUT2D eigenvalue weighted by molar-refractivity contribution is 5.74. The summed E-state index contributed by atoms with van der Waals surface area (Å²) < 4.78 is 27.6.